The number of aromatic hydroxyl groups is 1. The number of hydrazone groups is 1. The highest BCUT2D eigenvalue weighted by molar-refractivity contribution is 9.10. The van der Waals surface area contributed by atoms with Crippen LogP contribution in [0.1, 0.15) is 21.5 Å². The van der Waals surface area contributed by atoms with Crippen LogP contribution >= 0.6 is 15.9 Å². The molecule has 25 heavy (non-hydrogen) atoms. The van der Waals surface area contributed by atoms with Crippen molar-refractivity contribution in [2.45, 2.75) is 0 Å². The Balaban J connectivity index is 1.81. The number of phenolic OH excluding ortho intramolecular Hbond substituents is 1. The average molecular weight is 394 g/mol. The molecule has 0 aliphatic rings. The second kappa shape index (κ2) is 7.16. The minimum Gasteiger partial charge on any atom is -0.507 e. The summed E-state index contributed by atoms with van der Waals surface area (Å²) in [6, 6.07) is 17.5. The smallest absolute Gasteiger partial charge is 0.271 e. The Morgan fingerprint density at radius 3 is 2.72 bits per heavy atom. The molecule has 3 rings (SSSR count). The van der Waals surface area contributed by atoms with E-state index < -0.39 is 5.91 Å². The van der Waals surface area contributed by atoms with Crippen molar-refractivity contribution < 1.29 is 9.90 Å². The van der Waals surface area contributed by atoms with Gasteiger partial charge in [-0.05, 0) is 35.0 Å². The van der Waals surface area contributed by atoms with E-state index in [0.717, 1.165) is 20.8 Å². The molecule has 0 saturated carbocycles. The normalized spacial score (nSPS) is 10.7. The number of carbonyl (C=O) groups is 1. The van der Waals surface area contributed by atoms with Crippen LogP contribution in [0.15, 0.2) is 64.2 Å². The highest BCUT2D eigenvalue weighted by Crippen LogP contribution is 2.25. The minimum absolute atomic E-state index is 0.0375. The predicted octanol–water partition coefficient (Wildman–Crippen LogP) is 3.94. The van der Waals surface area contributed by atoms with Crippen molar-refractivity contribution in [1.82, 2.24) is 5.43 Å². The lowest BCUT2D eigenvalue weighted by atomic mass is 10.1. The van der Waals surface area contributed by atoms with Crippen LogP contribution < -0.4 is 5.43 Å². The van der Waals surface area contributed by atoms with Crippen LogP contribution in [0.2, 0.25) is 0 Å². The van der Waals surface area contributed by atoms with Crippen molar-refractivity contribution in [3.63, 3.8) is 0 Å². The summed E-state index contributed by atoms with van der Waals surface area (Å²) in [4.78, 5) is 12.1. The molecule has 0 aliphatic carbocycles. The SMILES string of the molecule is N#Cc1cc(C(=O)NN=Cc2cccc3c(Br)cccc23)ccc1O. The van der Waals surface area contributed by atoms with Gasteiger partial charge >= 0.3 is 0 Å². The van der Waals surface area contributed by atoms with E-state index in [0.29, 0.717) is 0 Å². The summed E-state index contributed by atoms with van der Waals surface area (Å²) >= 11 is 3.51. The summed E-state index contributed by atoms with van der Waals surface area (Å²) in [7, 11) is 0. The number of nitriles is 1. The third-order valence-corrected chi connectivity index (χ3v) is 4.34. The first-order valence-corrected chi connectivity index (χ1v) is 8.13. The Morgan fingerprint density at radius 2 is 1.92 bits per heavy atom. The van der Waals surface area contributed by atoms with Crippen LogP contribution in [0.25, 0.3) is 10.8 Å². The third kappa shape index (κ3) is 3.52. The van der Waals surface area contributed by atoms with Crippen LogP contribution in [0.3, 0.4) is 0 Å². The van der Waals surface area contributed by atoms with Crippen LogP contribution in [0, 0.1) is 11.3 Å². The summed E-state index contributed by atoms with van der Waals surface area (Å²) in [5.41, 5.74) is 3.57. The van der Waals surface area contributed by atoms with Gasteiger partial charge in [-0.1, -0.05) is 46.3 Å². The zero-order valence-corrected chi connectivity index (χ0v) is 14.5. The molecule has 0 spiro atoms. The van der Waals surface area contributed by atoms with Crippen molar-refractivity contribution in [2.75, 3.05) is 0 Å². The van der Waals surface area contributed by atoms with Gasteiger partial charge in [0.15, 0.2) is 0 Å². The van der Waals surface area contributed by atoms with Gasteiger partial charge in [0.25, 0.3) is 5.91 Å². The fourth-order valence-corrected chi connectivity index (χ4v) is 2.90. The Kier molecular flexibility index (Phi) is 4.78. The molecule has 0 radical (unpaired) electrons. The van der Waals surface area contributed by atoms with Crippen LogP contribution in [-0.2, 0) is 0 Å². The summed E-state index contributed by atoms with van der Waals surface area (Å²) < 4.78 is 0.984. The molecule has 3 aromatic carbocycles. The van der Waals surface area contributed by atoms with Crippen molar-refractivity contribution in [3.8, 4) is 11.8 Å². The first kappa shape index (κ1) is 16.7. The van der Waals surface area contributed by atoms with Gasteiger partial charge in [-0.25, -0.2) is 5.43 Å². The molecule has 0 heterocycles. The van der Waals surface area contributed by atoms with Gasteiger partial charge in [0.1, 0.15) is 11.8 Å². The molecule has 0 bridgehead atoms. The van der Waals surface area contributed by atoms with Gasteiger partial charge in [0, 0.05) is 15.6 Å². The lowest BCUT2D eigenvalue weighted by Gasteiger charge is -2.04. The number of nitrogens with one attached hydrogen (secondary N) is 1. The largest absolute Gasteiger partial charge is 0.507 e. The first-order valence-electron chi connectivity index (χ1n) is 7.34. The molecule has 122 valence electrons. The van der Waals surface area contributed by atoms with Crippen molar-refractivity contribution >= 4 is 38.8 Å². The molecule has 2 N–H and O–H groups in total. The fraction of sp³-hybridized carbons (Fsp3) is 0. The average Bonchev–Trinajstić information content (AvgIpc) is 2.62. The first-order chi connectivity index (χ1) is 12.1. The van der Waals surface area contributed by atoms with Crippen LogP contribution in [-0.4, -0.2) is 17.2 Å². The maximum atomic E-state index is 12.1. The van der Waals surface area contributed by atoms with Crippen molar-refractivity contribution in [2.24, 2.45) is 5.10 Å². The van der Waals surface area contributed by atoms with Gasteiger partial charge in [-0.2, -0.15) is 10.4 Å². The summed E-state index contributed by atoms with van der Waals surface area (Å²) in [5.74, 6) is -0.627. The molecule has 3 aromatic rings. The van der Waals surface area contributed by atoms with E-state index in [9.17, 15) is 9.90 Å². The zero-order chi connectivity index (χ0) is 17.8. The number of fused-ring (bicyclic) bond motifs is 1. The monoisotopic (exact) mass is 393 g/mol. The van der Waals surface area contributed by atoms with Gasteiger partial charge in [-0.15, -0.1) is 0 Å². The van der Waals surface area contributed by atoms with Gasteiger partial charge in [-0.3, -0.25) is 4.79 Å². The molecule has 1 amide bonds. The molecule has 5 nitrogen and oxygen atoms in total. The topological polar surface area (TPSA) is 85.5 Å². The zero-order valence-electron chi connectivity index (χ0n) is 12.9. The second-order valence-corrected chi connectivity index (χ2v) is 6.08. The fourth-order valence-electron chi connectivity index (χ4n) is 2.40. The molecular weight excluding hydrogens is 382 g/mol. The maximum absolute atomic E-state index is 12.1. The third-order valence-electron chi connectivity index (χ3n) is 3.65. The number of phenols is 1. The maximum Gasteiger partial charge on any atom is 0.271 e. The number of nitrogens with zero attached hydrogens (tertiary/aromatic N) is 2. The van der Waals surface area contributed by atoms with E-state index in [1.807, 2.05) is 42.5 Å². The van der Waals surface area contributed by atoms with E-state index >= 15 is 0 Å². The Bertz CT molecular complexity index is 1040. The van der Waals surface area contributed by atoms with Crippen molar-refractivity contribution in [1.29, 1.82) is 5.26 Å². The number of halogens is 1. The molecule has 6 heteroatoms. The number of amides is 1. The highest BCUT2D eigenvalue weighted by Gasteiger charge is 2.08. The Hall–Kier alpha value is -3.17. The van der Waals surface area contributed by atoms with E-state index in [2.05, 4.69) is 26.5 Å². The van der Waals surface area contributed by atoms with Gasteiger partial charge in [0.05, 0.1) is 11.8 Å². The van der Waals surface area contributed by atoms with Crippen molar-refractivity contribution in [3.05, 3.63) is 75.8 Å². The Morgan fingerprint density at radius 1 is 1.16 bits per heavy atom. The molecule has 0 fully saturated rings. The van der Waals surface area contributed by atoms with Gasteiger partial charge in [0.2, 0.25) is 0 Å². The lowest BCUT2D eigenvalue weighted by Crippen LogP contribution is -2.17. The summed E-state index contributed by atoms with van der Waals surface area (Å²) in [6.07, 6.45) is 1.57. The molecule has 0 atom stereocenters. The lowest BCUT2D eigenvalue weighted by molar-refractivity contribution is 0.0955. The number of hydrogen-bond donors (Lipinski definition) is 2. The number of rotatable bonds is 3. The molecular formula is C19H12BrN3O2. The number of benzene rings is 3. The summed E-state index contributed by atoms with van der Waals surface area (Å²) in [5, 5.41) is 24.4. The van der Waals surface area contributed by atoms with E-state index in [1.54, 1.807) is 6.21 Å². The molecule has 0 aliphatic heterocycles. The predicted molar refractivity (Wildman–Crippen MR) is 99.5 cm³/mol. The highest BCUT2D eigenvalue weighted by atomic mass is 79.9. The Labute approximate surface area is 152 Å². The minimum atomic E-state index is -0.464. The molecule has 0 aromatic heterocycles. The number of hydrogen-bond acceptors (Lipinski definition) is 4. The van der Waals surface area contributed by atoms with E-state index in [-0.39, 0.29) is 16.9 Å². The van der Waals surface area contributed by atoms with Crippen LogP contribution in [0.5, 0.6) is 5.75 Å². The van der Waals surface area contributed by atoms with Crippen LogP contribution in [0.4, 0.5) is 0 Å². The van der Waals surface area contributed by atoms with E-state index in [4.69, 9.17) is 5.26 Å². The van der Waals surface area contributed by atoms with E-state index in [1.165, 1.54) is 18.2 Å². The second-order valence-electron chi connectivity index (χ2n) is 5.23. The summed E-state index contributed by atoms with van der Waals surface area (Å²) in [6.45, 7) is 0. The van der Waals surface area contributed by atoms with Gasteiger partial charge < -0.3 is 5.11 Å². The molecule has 0 unspecified atom stereocenters. The number of carbonyl (C=O) groups excluding carboxylic acids is 1. The standard InChI is InChI=1S/C19H12BrN3O2/c20-17-6-2-4-15-13(3-1-5-16(15)17)11-22-23-19(25)12-7-8-18(24)14(9-12)10-21/h1-9,11,24H,(H,23,25). The quantitative estimate of drug-likeness (QED) is 0.521. The molecule has 0 saturated heterocycles.